The lowest BCUT2D eigenvalue weighted by Gasteiger charge is -2.33. The van der Waals surface area contributed by atoms with Gasteiger partial charge in [-0.05, 0) is 30.5 Å². The van der Waals surface area contributed by atoms with Crippen LogP contribution in [0.2, 0.25) is 0 Å². The van der Waals surface area contributed by atoms with E-state index in [1.165, 1.54) is 12.0 Å². The third-order valence-electron chi connectivity index (χ3n) is 4.30. The molecule has 1 aromatic heterocycles. The SMILES string of the molecule is CCC(COCc1ccc(-c2ccccn2)cc1)C1CCO1. The van der Waals surface area contributed by atoms with Crippen LogP contribution >= 0.6 is 0 Å². The molecule has 0 aliphatic carbocycles. The number of pyridine rings is 1. The maximum atomic E-state index is 5.88. The molecular weight excluding hydrogens is 274 g/mol. The van der Waals surface area contributed by atoms with Gasteiger partial charge in [-0.25, -0.2) is 0 Å². The summed E-state index contributed by atoms with van der Waals surface area (Å²) in [5.41, 5.74) is 3.34. The molecule has 0 spiro atoms. The van der Waals surface area contributed by atoms with Crippen LogP contribution in [0.15, 0.2) is 48.7 Å². The van der Waals surface area contributed by atoms with E-state index in [-0.39, 0.29) is 0 Å². The molecule has 3 rings (SSSR count). The van der Waals surface area contributed by atoms with E-state index in [0.29, 0.717) is 18.6 Å². The zero-order chi connectivity index (χ0) is 15.2. The normalized spacial score (nSPS) is 18.7. The molecule has 2 unspecified atom stereocenters. The molecule has 22 heavy (non-hydrogen) atoms. The van der Waals surface area contributed by atoms with E-state index in [1.54, 1.807) is 0 Å². The van der Waals surface area contributed by atoms with Gasteiger partial charge >= 0.3 is 0 Å². The molecule has 2 aromatic rings. The first-order chi connectivity index (χ1) is 10.9. The van der Waals surface area contributed by atoms with Gasteiger partial charge in [0, 0.05) is 24.3 Å². The summed E-state index contributed by atoms with van der Waals surface area (Å²) < 4.78 is 11.4. The van der Waals surface area contributed by atoms with Crippen molar-refractivity contribution < 1.29 is 9.47 Å². The predicted molar refractivity (Wildman–Crippen MR) is 87.5 cm³/mol. The second-order valence-electron chi connectivity index (χ2n) is 5.79. The van der Waals surface area contributed by atoms with Crippen molar-refractivity contribution in [2.45, 2.75) is 32.5 Å². The van der Waals surface area contributed by atoms with Gasteiger partial charge in [-0.15, -0.1) is 0 Å². The number of aromatic nitrogens is 1. The highest BCUT2D eigenvalue weighted by Gasteiger charge is 2.26. The second-order valence-corrected chi connectivity index (χ2v) is 5.79. The molecule has 2 atom stereocenters. The lowest BCUT2D eigenvalue weighted by atomic mass is 9.95. The van der Waals surface area contributed by atoms with Crippen LogP contribution < -0.4 is 0 Å². The molecule has 1 aliphatic heterocycles. The van der Waals surface area contributed by atoms with Crippen molar-refractivity contribution in [1.29, 1.82) is 0 Å². The molecule has 0 N–H and O–H groups in total. The first-order valence-corrected chi connectivity index (χ1v) is 8.06. The largest absolute Gasteiger partial charge is 0.378 e. The van der Waals surface area contributed by atoms with Crippen molar-refractivity contribution in [3.8, 4) is 11.3 Å². The Morgan fingerprint density at radius 3 is 2.64 bits per heavy atom. The molecule has 1 saturated heterocycles. The topological polar surface area (TPSA) is 31.4 Å². The maximum absolute atomic E-state index is 5.88. The summed E-state index contributed by atoms with van der Waals surface area (Å²) in [5, 5.41) is 0. The molecular formula is C19H23NO2. The predicted octanol–water partition coefficient (Wildman–Crippen LogP) is 4.08. The Morgan fingerprint density at radius 1 is 1.23 bits per heavy atom. The number of rotatable bonds is 7. The summed E-state index contributed by atoms with van der Waals surface area (Å²) in [4.78, 5) is 4.37. The van der Waals surface area contributed by atoms with Crippen molar-refractivity contribution >= 4 is 0 Å². The average molecular weight is 297 g/mol. The van der Waals surface area contributed by atoms with Gasteiger partial charge in [0.15, 0.2) is 0 Å². The molecule has 0 amide bonds. The van der Waals surface area contributed by atoms with Gasteiger partial charge in [-0.1, -0.05) is 37.3 Å². The van der Waals surface area contributed by atoms with Crippen LogP contribution in [0.25, 0.3) is 11.3 Å². The Balaban J connectivity index is 1.51. The zero-order valence-corrected chi connectivity index (χ0v) is 13.1. The minimum Gasteiger partial charge on any atom is -0.378 e. The van der Waals surface area contributed by atoms with Gasteiger partial charge in [-0.2, -0.15) is 0 Å². The van der Waals surface area contributed by atoms with E-state index in [2.05, 4.69) is 36.2 Å². The molecule has 1 aliphatic rings. The molecule has 1 aromatic carbocycles. The summed E-state index contributed by atoms with van der Waals surface area (Å²) in [7, 11) is 0. The molecule has 0 radical (unpaired) electrons. The van der Waals surface area contributed by atoms with Gasteiger partial charge in [0.25, 0.3) is 0 Å². The lowest BCUT2D eigenvalue weighted by Crippen LogP contribution is -2.36. The third kappa shape index (κ3) is 3.73. The number of nitrogens with zero attached hydrogens (tertiary/aromatic N) is 1. The highest BCUT2D eigenvalue weighted by molar-refractivity contribution is 5.58. The fourth-order valence-corrected chi connectivity index (χ4v) is 2.75. The van der Waals surface area contributed by atoms with E-state index in [0.717, 1.165) is 30.9 Å². The number of benzene rings is 1. The summed E-state index contributed by atoms with van der Waals surface area (Å²) >= 11 is 0. The van der Waals surface area contributed by atoms with Crippen LogP contribution in [-0.4, -0.2) is 24.3 Å². The van der Waals surface area contributed by atoms with E-state index in [1.807, 2.05) is 24.4 Å². The Kier molecular flexibility index (Phi) is 5.20. The average Bonchev–Trinajstić information content (AvgIpc) is 2.53. The van der Waals surface area contributed by atoms with Crippen molar-refractivity contribution in [2.24, 2.45) is 5.92 Å². The quantitative estimate of drug-likeness (QED) is 0.771. The van der Waals surface area contributed by atoms with Crippen LogP contribution in [0.4, 0.5) is 0 Å². The number of ether oxygens (including phenoxy) is 2. The van der Waals surface area contributed by atoms with E-state index < -0.39 is 0 Å². The van der Waals surface area contributed by atoms with Gasteiger partial charge < -0.3 is 9.47 Å². The molecule has 0 bridgehead atoms. The fraction of sp³-hybridized carbons (Fsp3) is 0.421. The maximum Gasteiger partial charge on any atom is 0.0717 e. The smallest absolute Gasteiger partial charge is 0.0717 e. The zero-order valence-electron chi connectivity index (χ0n) is 13.1. The minimum absolute atomic E-state index is 0.413. The number of hydrogen-bond donors (Lipinski definition) is 0. The Morgan fingerprint density at radius 2 is 2.05 bits per heavy atom. The first kappa shape index (κ1) is 15.2. The molecule has 2 heterocycles. The monoisotopic (exact) mass is 297 g/mol. The van der Waals surface area contributed by atoms with Gasteiger partial charge in [0.1, 0.15) is 0 Å². The standard InChI is InChI=1S/C19H23NO2/c1-2-16(19-10-12-22-19)14-21-13-15-6-8-17(9-7-15)18-5-3-4-11-20-18/h3-9,11,16,19H,2,10,12-14H2,1H3. The fourth-order valence-electron chi connectivity index (χ4n) is 2.75. The van der Waals surface area contributed by atoms with Crippen molar-refractivity contribution in [2.75, 3.05) is 13.2 Å². The number of hydrogen-bond acceptors (Lipinski definition) is 3. The summed E-state index contributed by atoms with van der Waals surface area (Å²) in [6.45, 7) is 4.56. The Labute approximate surface area is 132 Å². The summed E-state index contributed by atoms with van der Waals surface area (Å²) in [6.07, 6.45) is 4.53. The molecule has 3 nitrogen and oxygen atoms in total. The Bertz CT molecular complexity index is 564. The van der Waals surface area contributed by atoms with Crippen LogP contribution in [0.1, 0.15) is 25.3 Å². The minimum atomic E-state index is 0.413. The van der Waals surface area contributed by atoms with E-state index in [9.17, 15) is 0 Å². The van der Waals surface area contributed by atoms with Crippen molar-refractivity contribution in [3.05, 3.63) is 54.2 Å². The van der Waals surface area contributed by atoms with Crippen LogP contribution in [-0.2, 0) is 16.1 Å². The molecule has 0 saturated carbocycles. The highest BCUT2D eigenvalue weighted by atomic mass is 16.5. The van der Waals surface area contributed by atoms with Gasteiger partial charge in [0.2, 0.25) is 0 Å². The van der Waals surface area contributed by atoms with Gasteiger partial charge in [-0.3, -0.25) is 4.98 Å². The molecule has 1 fully saturated rings. The summed E-state index contributed by atoms with van der Waals surface area (Å²) in [6, 6.07) is 14.4. The van der Waals surface area contributed by atoms with Crippen LogP contribution in [0.3, 0.4) is 0 Å². The van der Waals surface area contributed by atoms with Crippen LogP contribution in [0.5, 0.6) is 0 Å². The van der Waals surface area contributed by atoms with Gasteiger partial charge in [0.05, 0.1) is 25.0 Å². The second kappa shape index (κ2) is 7.52. The van der Waals surface area contributed by atoms with E-state index >= 15 is 0 Å². The van der Waals surface area contributed by atoms with E-state index in [4.69, 9.17) is 9.47 Å². The third-order valence-corrected chi connectivity index (χ3v) is 4.30. The van der Waals surface area contributed by atoms with Crippen molar-refractivity contribution in [3.63, 3.8) is 0 Å². The molecule has 3 heteroatoms. The lowest BCUT2D eigenvalue weighted by molar-refractivity contribution is -0.104. The van der Waals surface area contributed by atoms with Crippen LogP contribution in [0, 0.1) is 5.92 Å². The van der Waals surface area contributed by atoms with Crippen molar-refractivity contribution in [1.82, 2.24) is 4.98 Å². The first-order valence-electron chi connectivity index (χ1n) is 8.06. The molecule has 116 valence electrons. The highest BCUT2D eigenvalue weighted by Crippen LogP contribution is 2.24. The summed E-state index contributed by atoms with van der Waals surface area (Å²) in [5.74, 6) is 0.529. The Hall–Kier alpha value is -1.71.